The summed E-state index contributed by atoms with van der Waals surface area (Å²) in [5.74, 6) is 0.0665. The van der Waals surface area contributed by atoms with Gasteiger partial charge in [-0.2, -0.15) is 13.2 Å². The van der Waals surface area contributed by atoms with Crippen LogP contribution in [0.4, 0.5) is 26.7 Å². The van der Waals surface area contributed by atoms with Crippen LogP contribution >= 0.6 is 11.8 Å². The van der Waals surface area contributed by atoms with Gasteiger partial charge < -0.3 is 9.47 Å². The Morgan fingerprint density at radius 2 is 1.60 bits per heavy atom. The fourth-order valence-corrected chi connectivity index (χ4v) is 5.56. The van der Waals surface area contributed by atoms with E-state index in [0.29, 0.717) is 15.5 Å². The van der Waals surface area contributed by atoms with Crippen LogP contribution in [0.2, 0.25) is 0 Å². The molecule has 1 aromatic heterocycles. The Kier molecular flexibility index (Phi) is 10.8. The van der Waals surface area contributed by atoms with E-state index in [4.69, 9.17) is 9.47 Å². The van der Waals surface area contributed by atoms with E-state index in [9.17, 15) is 27.6 Å². The van der Waals surface area contributed by atoms with Crippen LogP contribution in [0.3, 0.4) is 0 Å². The molecule has 14 heteroatoms. The van der Waals surface area contributed by atoms with Gasteiger partial charge in [-0.15, -0.1) is 4.99 Å². The Labute approximate surface area is 276 Å². The summed E-state index contributed by atoms with van der Waals surface area (Å²) < 4.78 is 84.1. The molecule has 0 aliphatic rings. The lowest BCUT2D eigenvalue weighted by atomic mass is 10.0. The lowest BCUT2D eigenvalue weighted by molar-refractivity contribution is -0.138. The minimum absolute atomic E-state index is 0.0422. The molecule has 0 aliphatic heterocycles. The number of rotatable bonds is 8. The van der Waals surface area contributed by atoms with Crippen molar-refractivity contribution in [3.8, 4) is 16.9 Å². The SMILES string of the molecule is COc1cccc(-c2c(C)n(Cc3c(F)cccc3C(F)(F)F)c(=O)n(CC(=C=NC(=O)OC(C)(C)C)Sc3ccccc3)c2=O)c1F. The molecule has 0 saturated heterocycles. The zero-order valence-electron chi connectivity index (χ0n) is 26.4. The van der Waals surface area contributed by atoms with E-state index in [-0.39, 0.29) is 27.5 Å². The van der Waals surface area contributed by atoms with Crippen LogP contribution in [0.5, 0.6) is 5.75 Å². The molecule has 0 N–H and O–H groups in total. The highest BCUT2D eigenvalue weighted by Gasteiger charge is 2.35. The van der Waals surface area contributed by atoms with Crippen molar-refractivity contribution in [1.82, 2.24) is 9.13 Å². The highest BCUT2D eigenvalue weighted by molar-refractivity contribution is 8.03. The normalized spacial score (nSPS) is 11.5. The van der Waals surface area contributed by atoms with Gasteiger partial charge in [0.1, 0.15) is 11.4 Å². The second-order valence-electron chi connectivity index (χ2n) is 11.3. The lowest BCUT2D eigenvalue weighted by Gasteiger charge is -2.20. The monoisotopic (exact) mass is 687 g/mol. The fourth-order valence-electron chi connectivity index (χ4n) is 4.70. The number of thioether (sulfide) groups is 1. The zero-order valence-corrected chi connectivity index (χ0v) is 27.3. The number of allylic oxidation sites excluding steroid dienone is 1. The number of aromatic nitrogens is 2. The standard InChI is InChI=1S/C34H30F5N3O5S/c1-20-28(23-13-9-16-27(46-5)29(23)36)30(43)42(32(45)41(20)19-24-25(34(37,38)39)14-10-15-26(24)35)18-22(48-21-11-7-6-8-12-21)17-40-31(44)47-33(2,3)4/h6-16H,18-19H2,1-5H3. The molecule has 0 bridgehead atoms. The summed E-state index contributed by atoms with van der Waals surface area (Å²) in [5.41, 5.74) is -6.16. The van der Waals surface area contributed by atoms with E-state index >= 15 is 8.78 Å². The van der Waals surface area contributed by atoms with Gasteiger partial charge in [-0.25, -0.2) is 18.4 Å². The minimum Gasteiger partial charge on any atom is -0.494 e. The van der Waals surface area contributed by atoms with Crippen LogP contribution in [0.1, 0.15) is 37.6 Å². The number of halogens is 5. The number of alkyl halides is 3. The number of methoxy groups -OCH3 is 1. The molecule has 8 nitrogen and oxygen atoms in total. The number of carbonyl (C=O) groups is 1. The van der Waals surface area contributed by atoms with Crippen molar-refractivity contribution in [2.24, 2.45) is 4.99 Å². The molecule has 0 aliphatic carbocycles. The molecule has 0 spiro atoms. The average Bonchev–Trinajstić information content (AvgIpc) is 3.00. The van der Waals surface area contributed by atoms with Crippen LogP contribution in [-0.2, 0) is 24.0 Å². The van der Waals surface area contributed by atoms with Crippen molar-refractivity contribution in [1.29, 1.82) is 0 Å². The Morgan fingerprint density at radius 3 is 2.23 bits per heavy atom. The summed E-state index contributed by atoms with van der Waals surface area (Å²) in [4.78, 5) is 44.8. The van der Waals surface area contributed by atoms with Crippen molar-refractivity contribution < 1.29 is 36.2 Å². The molecule has 1 amide bonds. The highest BCUT2D eigenvalue weighted by atomic mass is 32.2. The number of ether oxygens (including phenoxy) is 2. The molecule has 252 valence electrons. The summed E-state index contributed by atoms with van der Waals surface area (Å²) in [7, 11) is 1.20. The predicted molar refractivity (Wildman–Crippen MR) is 172 cm³/mol. The second kappa shape index (κ2) is 14.4. The first-order chi connectivity index (χ1) is 22.5. The first-order valence-electron chi connectivity index (χ1n) is 14.3. The number of aliphatic imine (C=N–C) groups is 1. The van der Waals surface area contributed by atoms with Crippen molar-refractivity contribution >= 4 is 23.7 Å². The summed E-state index contributed by atoms with van der Waals surface area (Å²) in [6, 6.07) is 14.9. The van der Waals surface area contributed by atoms with Gasteiger partial charge in [-0.3, -0.25) is 13.9 Å². The third kappa shape index (κ3) is 8.31. The van der Waals surface area contributed by atoms with Gasteiger partial charge in [0.2, 0.25) is 0 Å². The van der Waals surface area contributed by atoms with Crippen molar-refractivity contribution in [3.05, 3.63) is 121 Å². The number of nitrogens with zero attached hydrogens (tertiary/aromatic N) is 3. The third-order valence-corrected chi connectivity index (χ3v) is 7.81. The number of carbonyl (C=O) groups excluding carboxylic acids is 1. The molecule has 0 unspecified atom stereocenters. The van der Waals surface area contributed by atoms with E-state index in [1.165, 1.54) is 32.2 Å². The summed E-state index contributed by atoms with van der Waals surface area (Å²) in [6.07, 6.45) is -5.99. The quantitative estimate of drug-likeness (QED) is 0.108. The van der Waals surface area contributed by atoms with Gasteiger partial charge in [-0.05, 0) is 58.0 Å². The van der Waals surface area contributed by atoms with Gasteiger partial charge >= 0.3 is 18.0 Å². The van der Waals surface area contributed by atoms with Crippen LogP contribution in [0.25, 0.3) is 11.1 Å². The van der Waals surface area contributed by atoms with E-state index in [1.54, 1.807) is 51.1 Å². The van der Waals surface area contributed by atoms with Gasteiger partial charge in [0, 0.05) is 27.6 Å². The Morgan fingerprint density at radius 1 is 0.938 bits per heavy atom. The molecule has 48 heavy (non-hydrogen) atoms. The molecular weight excluding hydrogens is 657 g/mol. The predicted octanol–water partition coefficient (Wildman–Crippen LogP) is 7.62. The molecule has 0 atom stereocenters. The Hall–Kier alpha value is -4.94. The maximum absolute atomic E-state index is 15.6. The van der Waals surface area contributed by atoms with E-state index < -0.39 is 65.0 Å². The molecule has 1 heterocycles. The van der Waals surface area contributed by atoms with Crippen molar-refractivity contribution in [3.63, 3.8) is 0 Å². The van der Waals surface area contributed by atoms with Gasteiger partial charge in [0.15, 0.2) is 11.6 Å². The van der Waals surface area contributed by atoms with E-state index in [0.717, 1.165) is 28.5 Å². The third-order valence-electron chi connectivity index (χ3n) is 6.83. The van der Waals surface area contributed by atoms with Crippen LogP contribution < -0.4 is 16.0 Å². The highest BCUT2D eigenvalue weighted by Crippen LogP contribution is 2.34. The first-order valence-corrected chi connectivity index (χ1v) is 15.1. The molecule has 0 radical (unpaired) electrons. The molecular formula is C34H30F5N3O5S. The van der Waals surface area contributed by atoms with Crippen LogP contribution in [0, 0.1) is 18.6 Å². The number of amides is 1. The molecule has 3 aromatic carbocycles. The topological polar surface area (TPSA) is 91.9 Å². The van der Waals surface area contributed by atoms with Crippen LogP contribution in [-0.4, -0.2) is 33.8 Å². The lowest BCUT2D eigenvalue weighted by Crippen LogP contribution is -2.43. The first kappa shape index (κ1) is 35.9. The van der Waals surface area contributed by atoms with Crippen molar-refractivity contribution in [2.75, 3.05) is 7.11 Å². The fraction of sp³-hybridized carbons (Fsp3) is 0.265. The summed E-state index contributed by atoms with van der Waals surface area (Å²) >= 11 is 0.987. The van der Waals surface area contributed by atoms with Crippen molar-refractivity contribution in [2.45, 2.75) is 57.5 Å². The number of hydrogen-bond donors (Lipinski definition) is 0. The molecule has 4 aromatic rings. The maximum atomic E-state index is 15.6. The molecule has 4 rings (SSSR count). The zero-order chi connectivity index (χ0) is 35.4. The number of hydrogen-bond acceptors (Lipinski definition) is 6. The smallest absolute Gasteiger partial charge is 0.442 e. The minimum atomic E-state index is -4.98. The molecule has 0 saturated carbocycles. The Balaban J connectivity index is 2.01. The van der Waals surface area contributed by atoms with E-state index in [1.807, 2.05) is 0 Å². The van der Waals surface area contributed by atoms with Crippen LogP contribution in [0.15, 0.2) is 91.1 Å². The maximum Gasteiger partial charge on any atom is 0.442 e. The summed E-state index contributed by atoms with van der Waals surface area (Å²) in [5, 5.41) is 0. The average molecular weight is 688 g/mol. The van der Waals surface area contributed by atoms with Gasteiger partial charge in [0.05, 0.1) is 36.2 Å². The second-order valence-corrected chi connectivity index (χ2v) is 12.5. The van der Waals surface area contributed by atoms with Gasteiger partial charge in [0.25, 0.3) is 5.56 Å². The van der Waals surface area contributed by atoms with Gasteiger partial charge in [-0.1, -0.05) is 48.2 Å². The van der Waals surface area contributed by atoms with E-state index in [2.05, 4.69) is 10.9 Å². The Bertz CT molecular complexity index is 2030. The molecule has 0 fully saturated rings. The number of benzene rings is 3. The summed E-state index contributed by atoms with van der Waals surface area (Å²) in [6.45, 7) is 4.55. The largest absolute Gasteiger partial charge is 0.494 e.